The van der Waals surface area contributed by atoms with Crippen molar-refractivity contribution in [2.75, 3.05) is 18.4 Å². The summed E-state index contributed by atoms with van der Waals surface area (Å²) in [6, 6.07) is 12.7. The molecule has 0 saturated carbocycles. The average Bonchev–Trinajstić information content (AvgIpc) is 3.15. The standard InChI is InChI=1S/C18H17N3O3/c22-16(11-21-17(23)15-6-3-9-20(15)18(21)24)19-14-8-7-12-4-1-2-5-13(12)10-14/h1-2,4-5,7-8,10,15H,3,6,9,11H2,(H,19,22). The second kappa shape index (κ2) is 5.63. The van der Waals surface area contributed by atoms with Crippen LogP contribution in [0.25, 0.3) is 10.8 Å². The van der Waals surface area contributed by atoms with Gasteiger partial charge in [-0.25, -0.2) is 4.79 Å². The van der Waals surface area contributed by atoms with Gasteiger partial charge in [-0.2, -0.15) is 0 Å². The van der Waals surface area contributed by atoms with Crippen LogP contribution in [0.3, 0.4) is 0 Å². The van der Waals surface area contributed by atoms with Gasteiger partial charge in [-0.05, 0) is 35.7 Å². The molecule has 122 valence electrons. The zero-order valence-electron chi connectivity index (χ0n) is 13.1. The lowest BCUT2D eigenvalue weighted by atomic mass is 10.1. The Kier molecular flexibility index (Phi) is 3.45. The first-order chi connectivity index (χ1) is 11.6. The number of rotatable bonds is 3. The van der Waals surface area contributed by atoms with E-state index in [0.29, 0.717) is 18.7 Å². The number of carbonyl (C=O) groups excluding carboxylic acids is 3. The molecule has 2 aliphatic heterocycles. The monoisotopic (exact) mass is 323 g/mol. The van der Waals surface area contributed by atoms with Crippen LogP contribution < -0.4 is 5.32 Å². The average molecular weight is 323 g/mol. The summed E-state index contributed by atoms with van der Waals surface area (Å²) in [5.41, 5.74) is 0.651. The zero-order chi connectivity index (χ0) is 16.7. The quantitative estimate of drug-likeness (QED) is 0.881. The van der Waals surface area contributed by atoms with Crippen LogP contribution in [0.5, 0.6) is 0 Å². The molecule has 2 heterocycles. The van der Waals surface area contributed by atoms with E-state index in [2.05, 4.69) is 5.32 Å². The van der Waals surface area contributed by atoms with Crippen molar-refractivity contribution < 1.29 is 14.4 Å². The highest BCUT2D eigenvalue weighted by atomic mass is 16.2. The molecule has 6 heteroatoms. The Morgan fingerprint density at radius 1 is 1.12 bits per heavy atom. The number of imide groups is 1. The van der Waals surface area contributed by atoms with E-state index in [4.69, 9.17) is 0 Å². The van der Waals surface area contributed by atoms with Crippen LogP contribution >= 0.6 is 0 Å². The third-order valence-corrected chi connectivity index (χ3v) is 4.62. The third-order valence-electron chi connectivity index (χ3n) is 4.62. The minimum absolute atomic E-state index is 0.239. The molecule has 6 nitrogen and oxygen atoms in total. The molecule has 1 atom stereocenters. The molecule has 0 aromatic heterocycles. The maximum Gasteiger partial charge on any atom is 0.327 e. The predicted molar refractivity (Wildman–Crippen MR) is 89.4 cm³/mol. The molecule has 24 heavy (non-hydrogen) atoms. The van der Waals surface area contributed by atoms with Crippen LogP contribution in [0.2, 0.25) is 0 Å². The van der Waals surface area contributed by atoms with E-state index >= 15 is 0 Å². The van der Waals surface area contributed by atoms with Gasteiger partial charge in [0, 0.05) is 12.2 Å². The van der Waals surface area contributed by atoms with Crippen molar-refractivity contribution in [3.8, 4) is 0 Å². The topological polar surface area (TPSA) is 69.7 Å². The fourth-order valence-corrected chi connectivity index (χ4v) is 3.44. The predicted octanol–water partition coefficient (Wildman–Crippen LogP) is 2.20. The number of fused-ring (bicyclic) bond motifs is 2. The van der Waals surface area contributed by atoms with Crippen molar-refractivity contribution in [3.05, 3.63) is 42.5 Å². The van der Waals surface area contributed by atoms with Gasteiger partial charge in [0.05, 0.1) is 0 Å². The van der Waals surface area contributed by atoms with Gasteiger partial charge in [-0.15, -0.1) is 0 Å². The van der Waals surface area contributed by atoms with Crippen molar-refractivity contribution in [1.29, 1.82) is 0 Å². The zero-order valence-corrected chi connectivity index (χ0v) is 13.1. The Morgan fingerprint density at radius 2 is 1.92 bits per heavy atom. The molecular formula is C18H17N3O3. The van der Waals surface area contributed by atoms with E-state index in [-0.39, 0.29) is 30.4 Å². The summed E-state index contributed by atoms with van der Waals surface area (Å²) < 4.78 is 0. The first kappa shape index (κ1) is 14.7. The Labute approximate surface area is 139 Å². The summed E-state index contributed by atoms with van der Waals surface area (Å²) in [4.78, 5) is 39.3. The number of amides is 4. The van der Waals surface area contributed by atoms with Crippen molar-refractivity contribution in [3.63, 3.8) is 0 Å². The number of hydrogen-bond acceptors (Lipinski definition) is 3. The Bertz CT molecular complexity index is 826. The molecule has 2 aromatic carbocycles. The van der Waals surface area contributed by atoms with Gasteiger partial charge < -0.3 is 10.2 Å². The van der Waals surface area contributed by atoms with Crippen LogP contribution in [0.1, 0.15) is 12.8 Å². The van der Waals surface area contributed by atoms with Crippen LogP contribution in [0, 0.1) is 0 Å². The highest BCUT2D eigenvalue weighted by Gasteiger charge is 2.47. The minimum atomic E-state index is -0.369. The lowest BCUT2D eigenvalue weighted by Gasteiger charge is -2.15. The Morgan fingerprint density at radius 3 is 2.71 bits per heavy atom. The summed E-state index contributed by atoms with van der Waals surface area (Å²) in [5, 5.41) is 4.87. The van der Waals surface area contributed by atoms with Gasteiger partial charge in [-0.3, -0.25) is 14.5 Å². The van der Waals surface area contributed by atoms with E-state index in [1.807, 2.05) is 42.5 Å². The molecule has 0 bridgehead atoms. The van der Waals surface area contributed by atoms with E-state index in [0.717, 1.165) is 22.1 Å². The highest BCUT2D eigenvalue weighted by molar-refractivity contribution is 6.08. The van der Waals surface area contributed by atoms with Gasteiger partial charge in [0.1, 0.15) is 12.6 Å². The smallest absolute Gasteiger partial charge is 0.325 e. The molecule has 2 fully saturated rings. The van der Waals surface area contributed by atoms with Crippen LogP contribution in [0.4, 0.5) is 10.5 Å². The van der Waals surface area contributed by atoms with E-state index in [1.165, 1.54) is 0 Å². The number of urea groups is 1. The first-order valence-corrected chi connectivity index (χ1v) is 8.04. The molecule has 1 N–H and O–H groups in total. The summed E-state index contributed by atoms with van der Waals surface area (Å²) in [6.07, 6.45) is 1.53. The molecule has 4 rings (SSSR count). The molecule has 1 unspecified atom stereocenters. The minimum Gasteiger partial charge on any atom is -0.325 e. The lowest BCUT2D eigenvalue weighted by Crippen LogP contribution is -2.39. The molecule has 0 radical (unpaired) electrons. The normalized spacial score (nSPS) is 19.9. The van der Waals surface area contributed by atoms with Gasteiger partial charge in [0.15, 0.2) is 0 Å². The van der Waals surface area contributed by atoms with E-state index in [9.17, 15) is 14.4 Å². The second-order valence-electron chi connectivity index (χ2n) is 6.17. The van der Waals surface area contributed by atoms with Gasteiger partial charge in [-0.1, -0.05) is 30.3 Å². The van der Waals surface area contributed by atoms with Gasteiger partial charge in [0.25, 0.3) is 5.91 Å². The number of benzene rings is 2. The first-order valence-electron chi connectivity index (χ1n) is 8.04. The van der Waals surface area contributed by atoms with Gasteiger partial charge in [0.2, 0.25) is 5.91 Å². The molecule has 0 aliphatic carbocycles. The second-order valence-corrected chi connectivity index (χ2v) is 6.17. The molecule has 4 amide bonds. The van der Waals surface area contributed by atoms with Gasteiger partial charge >= 0.3 is 6.03 Å². The number of anilines is 1. The van der Waals surface area contributed by atoms with Crippen molar-refractivity contribution >= 4 is 34.3 Å². The number of hydrogen-bond donors (Lipinski definition) is 1. The fourth-order valence-electron chi connectivity index (χ4n) is 3.44. The summed E-state index contributed by atoms with van der Waals surface area (Å²) >= 11 is 0. The maximum atomic E-state index is 12.2. The van der Waals surface area contributed by atoms with Crippen molar-refractivity contribution in [1.82, 2.24) is 9.80 Å². The number of carbonyl (C=O) groups is 3. The summed E-state index contributed by atoms with van der Waals surface area (Å²) in [6.45, 7) is 0.357. The Balaban J connectivity index is 1.46. The SMILES string of the molecule is O=C(CN1C(=O)C2CCCN2C1=O)Nc1ccc2ccccc2c1. The van der Waals surface area contributed by atoms with E-state index in [1.54, 1.807) is 4.90 Å². The largest absolute Gasteiger partial charge is 0.327 e. The molecule has 2 aromatic rings. The molecule has 2 aliphatic rings. The van der Waals surface area contributed by atoms with Crippen LogP contribution in [-0.4, -0.2) is 46.8 Å². The van der Waals surface area contributed by atoms with Crippen LogP contribution in [0.15, 0.2) is 42.5 Å². The van der Waals surface area contributed by atoms with E-state index < -0.39 is 0 Å². The molecular weight excluding hydrogens is 306 g/mol. The maximum absolute atomic E-state index is 12.2. The molecule has 2 saturated heterocycles. The fraction of sp³-hybridized carbons (Fsp3) is 0.278. The lowest BCUT2D eigenvalue weighted by molar-refractivity contribution is -0.131. The van der Waals surface area contributed by atoms with Crippen LogP contribution in [-0.2, 0) is 9.59 Å². The number of nitrogens with one attached hydrogen (secondary N) is 1. The summed E-state index contributed by atoms with van der Waals surface area (Å²) in [5.74, 6) is -0.626. The van der Waals surface area contributed by atoms with Crippen molar-refractivity contribution in [2.45, 2.75) is 18.9 Å². The highest BCUT2D eigenvalue weighted by Crippen LogP contribution is 2.27. The Hall–Kier alpha value is -2.89. The van der Waals surface area contributed by atoms with Crippen molar-refractivity contribution in [2.24, 2.45) is 0 Å². The number of nitrogens with zero attached hydrogens (tertiary/aromatic N) is 2. The third kappa shape index (κ3) is 2.40. The molecule has 0 spiro atoms. The summed E-state index contributed by atoms with van der Waals surface area (Å²) in [7, 11) is 0.